The van der Waals surface area contributed by atoms with E-state index >= 15 is 0 Å². The molecule has 0 bridgehead atoms. The topological polar surface area (TPSA) is 50.1 Å². The predicted molar refractivity (Wildman–Crippen MR) is 60.6 cm³/mol. The van der Waals surface area contributed by atoms with Crippen LogP contribution in [-0.4, -0.2) is 34.4 Å². The normalized spacial score (nSPS) is 12.9. The SMILES string of the molecule is CC(CCO)CNCCCn1ccnc1. The fourth-order valence-corrected chi connectivity index (χ4v) is 1.48. The van der Waals surface area contributed by atoms with E-state index in [1.807, 2.05) is 12.5 Å². The second-order valence-electron chi connectivity index (χ2n) is 3.98. The van der Waals surface area contributed by atoms with Gasteiger partial charge in [0.25, 0.3) is 0 Å². The number of hydrogen-bond donors (Lipinski definition) is 2. The van der Waals surface area contributed by atoms with Gasteiger partial charge in [-0.1, -0.05) is 6.92 Å². The van der Waals surface area contributed by atoms with Crippen molar-refractivity contribution in [2.24, 2.45) is 5.92 Å². The molecule has 15 heavy (non-hydrogen) atoms. The molecule has 2 N–H and O–H groups in total. The van der Waals surface area contributed by atoms with Crippen molar-refractivity contribution in [1.29, 1.82) is 0 Å². The molecule has 1 rings (SSSR count). The molecule has 0 aromatic carbocycles. The third-order valence-electron chi connectivity index (χ3n) is 2.44. The molecular weight excluding hydrogens is 190 g/mol. The Morgan fingerprint density at radius 1 is 1.53 bits per heavy atom. The van der Waals surface area contributed by atoms with Crippen molar-refractivity contribution in [2.75, 3.05) is 19.7 Å². The van der Waals surface area contributed by atoms with Gasteiger partial charge in [0, 0.05) is 25.5 Å². The molecule has 0 saturated carbocycles. The van der Waals surface area contributed by atoms with Gasteiger partial charge in [-0.05, 0) is 31.8 Å². The summed E-state index contributed by atoms with van der Waals surface area (Å²) < 4.78 is 2.08. The summed E-state index contributed by atoms with van der Waals surface area (Å²) in [4.78, 5) is 3.99. The predicted octanol–water partition coefficient (Wildman–Crippen LogP) is 0.881. The fraction of sp³-hybridized carbons (Fsp3) is 0.727. The summed E-state index contributed by atoms with van der Waals surface area (Å²) in [7, 11) is 0. The van der Waals surface area contributed by atoms with E-state index in [1.165, 1.54) is 0 Å². The molecule has 0 spiro atoms. The highest BCUT2D eigenvalue weighted by Crippen LogP contribution is 1.97. The molecule has 0 aliphatic carbocycles. The zero-order valence-corrected chi connectivity index (χ0v) is 9.39. The molecule has 4 nitrogen and oxygen atoms in total. The summed E-state index contributed by atoms with van der Waals surface area (Å²) in [6, 6.07) is 0. The molecule has 4 heteroatoms. The number of nitrogens with one attached hydrogen (secondary N) is 1. The molecule has 0 aliphatic heterocycles. The first-order chi connectivity index (χ1) is 7.33. The van der Waals surface area contributed by atoms with Crippen molar-refractivity contribution in [3.05, 3.63) is 18.7 Å². The van der Waals surface area contributed by atoms with Crippen LogP contribution in [0.4, 0.5) is 0 Å². The van der Waals surface area contributed by atoms with Crippen LogP contribution in [0.5, 0.6) is 0 Å². The van der Waals surface area contributed by atoms with Crippen molar-refractivity contribution in [2.45, 2.75) is 26.3 Å². The Hall–Kier alpha value is -0.870. The molecule has 1 aromatic rings. The van der Waals surface area contributed by atoms with Crippen LogP contribution < -0.4 is 5.32 Å². The Kier molecular flexibility index (Phi) is 6.04. The van der Waals surface area contributed by atoms with Gasteiger partial charge in [-0.25, -0.2) is 4.98 Å². The number of aryl methyl sites for hydroxylation is 1. The second-order valence-corrected chi connectivity index (χ2v) is 3.98. The van der Waals surface area contributed by atoms with E-state index in [1.54, 1.807) is 6.20 Å². The molecule has 0 aliphatic rings. The van der Waals surface area contributed by atoms with Crippen molar-refractivity contribution < 1.29 is 5.11 Å². The molecule has 0 radical (unpaired) electrons. The third-order valence-corrected chi connectivity index (χ3v) is 2.44. The summed E-state index contributed by atoms with van der Waals surface area (Å²) >= 11 is 0. The number of imidazole rings is 1. The lowest BCUT2D eigenvalue weighted by Crippen LogP contribution is -2.23. The zero-order valence-electron chi connectivity index (χ0n) is 9.39. The highest BCUT2D eigenvalue weighted by Gasteiger charge is 1.99. The number of aliphatic hydroxyl groups is 1. The van der Waals surface area contributed by atoms with Gasteiger partial charge in [-0.15, -0.1) is 0 Å². The lowest BCUT2D eigenvalue weighted by atomic mass is 10.1. The highest BCUT2D eigenvalue weighted by atomic mass is 16.3. The summed E-state index contributed by atoms with van der Waals surface area (Å²) in [5, 5.41) is 12.1. The monoisotopic (exact) mass is 211 g/mol. The molecule has 1 unspecified atom stereocenters. The Labute approximate surface area is 91.3 Å². The fourth-order valence-electron chi connectivity index (χ4n) is 1.48. The lowest BCUT2D eigenvalue weighted by molar-refractivity contribution is 0.260. The average molecular weight is 211 g/mol. The summed E-state index contributed by atoms with van der Waals surface area (Å²) in [6.45, 7) is 5.47. The Balaban J connectivity index is 1.93. The van der Waals surface area contributed by atoms with Crippen LogP contribution >= 0.6 is 0 Å². The van der Waals surface area contributed by atoms with E-state index in [2.05, 4.69) is 21.8 Å². The minimum absolute atomic E-state index is 0.290. The quantitative estimate of drug-likeness (QED) is 0.628. The van der Waals surface area contributed by atoms with Crippen LogP contribution in [0.1, 0.15) is 19.8 Å². The zero-order chi connectivity index (χ0) is 10.9. The van der Waals surface area contributed by atoms with Gasteiger partial charge >= 0.3 is 0 Å². The smallest absolute Gasteiger partial charge is 0.0945 e. The van der Waals surface area contributed by atoms with E-state index in [9.17, 15) is 0 Å². The number of aromatic nitrogens is 2. The van der Waals surface area contributed by atoms with Gasteiger partial charge in [0.05, 0.1) is 6.33 Å². The molecule has 1 atom stereocenters. The standard InChI is InChI=1S/C11H21N3O/c1-11(3-8-15)9-12-4-2-6-14-7-5-13-10-14/h5,7,10-12,15H,2-4,6,8-9H2,1H3. The lowest BCUT2D eigenvalue weighted by Gasteiger charge is -2.10. The number of hydrogen-bond acceptors (Lipinski definition) is 3. The van der Waals surface area contributed by atoms with Crippen molar-refractivity contribution in [3.63, 3.8) is 0 Å². The maximum absolute atomic E-state index is 8.73. The molecule has 86 valence electrons. The Morgan fingerprint density at radius 2 is 2.40 bits per heavy atom. The Bertz CT molecular complexity index is 236. The summed E-state index contributed by atoms with van der Waals surface area (Å²) in [6.07, 6.45) is 7.62. The first kappa shape index (κ1) is 12.2. The van der Waals surface area contributed by atoms with Crippen LogP contribution in [0.2, 0.25) is 0 Å². The van der Waals surface area contributed by atoms with E-state index in [4.69, 9.17) is 5.11 Å². The minimum atomic E-state index is 0.290. The van der Waals surface area contributed by atoms with E-state index in [-0.39, 0.29) is 6.61 Å². The van der Waals surface area contributed by atoms with Crippen LogP contribution in [0.15, 0.2) is 18.7 Å². The van der Waals surface area contributed by atoms with Gasteiger partial charge in [0.1, 0.15) is 0 Å². The van der Waals surface area contributed by atoms with Crippen molar-refractivity contribution in [1.82, 2.24) is 14.9 Å². The third kappa shape index (κ3) is 5.54. The summed E-state index contributed by atoms with van der Waals surface area (Å²) in [5.74, 6) is 0.559. The van der Waals surface area contributed by atoms with Crippen LogP contribution in [0, 0.1) is 5.92 Å². The van der Waals surface area contributed by atoms with E-state index in [0.29, 0.717) is 5.92 Å². The van der Waals surface area contributed by atoms with Gasteiger partial charge in [0.15, 0.2) is 0 Å². The molecule has 0 saturated heterocycles. The molecule has 1 heterocycles. The van der Waals surface area contributed by atoms with Gasteiger partial charge < -0.3 is 15.0 Å². The van der Waals surface area contributed by atoms with Gasteiger partial charge in [-0.2, -0.15) is 0 Å². The molecule has 0 fully saturated rings. The van der Waals surface area contributed by atoms with Gasteiger partial charge in [-0.3, -0.25) is 0 Å². The number of nitrogens with zero attached hydrogens (tertiary/aromatic N) is 2. The molecule has 0 amide bonds. The second kappa shape index (κ2) is 7.43. The Morgan fingerprint density at radius 3 is 3.07 bits per heavy atom. The van der Waals surface area contributed by atoms with Crippen LogP contribution in [0.25, 0.3) is 0 Å². The van der Waals surface area contributed by atoms with E-state index in [0.717, 1.165) is 32.5 Å². The minimum Gasteiger partial charge on any atom is -0.396 e. The average Bonchev–Trinajstić information content (AvgIpc) is 2.70. The highest BCUT2D eigenvalue weighted by molar-refractivity contribution is 4.73. The first-order valence-corrected chi connectivity index (χ1v) is 5.60. The molecule has 1 aromatic heterocycles. The van der Waals surface area contributed by atoms with Crippen molar-refractivity contribution in [3.8, 4) is 0 Å². The largest absolute Gasteiger partial charge is 0.396 e. The number of aliphatic hydroxyl groups excluding tert-OH is 1. The van der Waals surface area contributed by atoms with Gasteiger partial charge in [0.2, 0.25) is 0 Å². The van der Waals surface area contributed by atoms with Crippen LogP contribution in [-0.2, 0) is 6.54 Å². The number of rotatable bonds is 8. The molecular formula is C11H21N3O. The maximum atomic E-state index is 8.73. The van der Waals surface area contributed by atoms with E-state index < -0.39 is 0 Å². The van der Waals surface area contributed by atoms with Crippen LogP contribution in [0.3, 0.4) is 0 Å². The maximum Gasteiger partial charge on any atom is 0.0945 e. The summed E-state index contributed by atoms with van der Waals surface area (Å²) in [5.41, 5.74) is 0. The first-order valence-electron chi connectivity index (χ1n) is 5.60. The van der Waals surface area contributed by atoms with Crippen molar-refractivity contribution >= 4 is 0 Å².